The third-order valence-corrected chi connectivity index (χ3v) is 5.36. The molecular formula is C22H25ClN2O5. The average Bonchev–Trinajstić information content (AvgIpc) is 2.66. The number of ether oxygens (including phenoxy) is 2. The summed E-state index contributed by atoms with van der Waals surface area (Å²) in [5.41, 5.74) is 1.79. The van der Waals surface area contributed by atoms with Crippen molar-refractivity contribution >= 4 is 23.5 Å². The highest BCUT2D eigenvalue weighted by atomic mass is 35.5. The van der Waals surface area contributed by atoms with E-state index in [0.29, 0.717) is 30.1 Å². The molecule has 7 nitrogen and oxygen atoms in total. The molecule has 1 unspecified atom stereocenters. The van der Waals surface area contributed by atoms with Crippen molar-refractivity contribution in [3.05, 3.63) is 56.9 Å². The number of nitrogens with zero attached hydrogens (tertiary/aromatic N) is 2. The summed E-state index contributed by atoms with van der Waals surface area (Å²) in [6, 6.07) is 6.79. The summed E-state index contributed by atoms with van der Waals surface area (Å²) >= 11 is 6.46. The quantitative estimate of drug-likeness (QED) is 0.653. The third-order valence-electron chi connectivity index (χ3n) is 4.94. The monoisotopic (exact) mass is 432 g/mol. The van der Waals surface area contributed by atoms with Gasteiger partial charge in [-0.3, -0.25) is 0 Å². The Labute approximate surface area is 181 Å². The third kappa shape index (κ3) is 4.50. The number of carbonyl (C=O) groups excluding carboxylic acids is 1. The maximum absolute atomic E-state index is 13.1. The topological polar surface area (TPSA) is 99.9 Å². The van der Waals surface area contributed by atoms with E-state index >= 15 is 0 Å². The van der Waals surface area contributed by atoms with Crippen molar-refractivity contribution < 1.29 is 24.2 Å². The Balaban J connectivity index is 2.82. The predicted molar refractivity (Wildman–Crippen MR) is 112 cm³/mol. The van der Waals surface area contributed by atoms with Crippen LogP contribution in [0.15, 0.2) is 40.7 Å². The molecule has 1 aromatic carbocycles. The van der Waals surface area contributed by atoms with Gasteiger partial charge in [0.1, 0.15) is 6.07 Å². The van der Waals surface area contributed by atoms with E-state index in [2.05, 4.69) is 0 Å². The van der Waals surface area contributed by atoms with Crippen molar-refractivity contribution in [3.63, 3.8) is 0 Å². The van der Waals surface area contributed by atoms with Crippen LogP contribution in [0, 0.1) is 11.3 Å². The van der Waals surface area contributed by atoms with Gasteiger partial charge in [0.2, 0.25) is 0 Å². The lowest BCUT2D eigenvalue weighted by molar-refractivity contribution is -0.143. The summed E-state index contributed by atoms with van der Waals surface area (Å²) < 4.78 is 10.6. The lowest BCUT2D eigenvalue weighted by atomic mass is 9.79. The van der Waals surface area contributed by atoms with Crippen LogP contribution in [0.4, 0.5) is 0 Å². The van der Waals surface area contributed by atoms with Gasteiger partial charge >= 0.3 is 11.9 Å². The maximum atomic E-state index is 13.1. The van der Waals surface area contributed by atoms with Crippen LogP contribution in [-0.2, 0) is 19.1 Å². The van der Waals surface area contributed by atoms with Crippen molar-refractivity contribution in [2.45, 2.75) is 39.7 Å². The van der Waals surface area contributed by atoms with Crippen molar-refractivity contribution in [1.82, 2.24) is 4.90 Å². The number of nitriles is 1. The van der Waals surface area contributed by atoms with Gasteiger partial charge in [-0.15, -0.1) is 0 Å². The minimum Gasteiger partial charge on any atom is -0.478 e. The first-order valence-electron chi connectivity index (χ1n) is 9.46. The summed E-state index contributed by atoms with van der Waals surface area (Å²) in [7, 11) is 1.55. The number of aliphatic carboxylic acids is 1. The van der Waals surface area contributed by atoms with Crippen LogP contribution in [0.5, 0.6) is 0 Å². The molecule has 1 heterocycles. The number of allylic oxidation sites excluding steroid dienone is 2. The van der Waals surface area contributed by atoms with E-state index in [9.17, 15) is 20.0 Å². The molecule has 0 saturated heterocycles. The zero-order valence-electron chi connectivity index (χ0n) is 17.7. The molecule has 1 N–H and O–H groups in total. The SMILES string of the molecule is COCCN1C(C)=C(C(=O)O)C(c2cccc(C#N)c2Cl)C(C(=O)OC(C)C)=C1C. The van der Waals surface area contributed by atoms with E-state index < -0.39 is 24.0 Å². The maximum Gasteiger partial charge on any atom is 0.337 e. The van der Waals surface area contributed by atoms with Crippen LogP contribution < -0.4 is 0 Å². The summed E-state index contributed by atoms with van der Waals surface area (Å²) in [6.07, 6.45) is -0.396. The van der Waals surface area contributed by atoms with Gasteiger partial charge in [-0.2, -0.15) is 5.26 Å². The molecule has 0 saturated carbocycles. The van der Waals surface area contributed by atoms with Crippen molar-refractivity contribution in [2.24, 2.45) is 0 Å². The molecule has 1 aliphatic heterocycles. The fraction of sp³-hybridized carbons (Fsp3) is 0.409. The highest BCUT2D eigenvalue weighted by molar-refractivity contribution is 6.32. The second-order valence-electron chi connectivity index (χ2n) is 7.16. The number of carboxylic acids is 1. The Bertz CT molecular complexity index is 959. The first-order chi connectivity index (χ1) is 14.1. The largest absolute Gasteiger partial charge is 0.478 e. The molecule has 30 heavy (non-hydrogen) atoms. The Hall–Kier alpha value is -2.82. The molecule has 1 aromatic rings. The Kier molecular flexibility index (Phi) is 7.65. The lowest BCUT2D eigenvalue weighted by Gasteiger charge is -2.37. The summed E-state index contributed by atoms with van der Waals surface area (Å²) in [5, 5.41) is 19.6. The summed E-state index contributed by atoms with van der Waals surface area (Å²) in [6.45, 7) is 7.56. The van der Waals surface area contributed by atoms with Gasteiger partial charge in [0.25, 0.3) is 0 Å². The molecule has 0 amide bonds. The minimum absolute atomic E-state index is 0.00407. The van der Waals surface area contributed by atoms with Crippen LogP contribution >= 0.6 is 11.6 Å². The van der Waals surface area contributed by atoms with Crippen LogP contribution in [0.1, 0.15) is 44.7 Å². The van der Waals surface area contributed by atoms with Crippen LogP contribution in [-0.4, -0.2) is 48.3 Å². The van der Waals surface area contributed by atoms with E-state index in [1.807, 2.05) is 6.07 Å². The second kappa shape index (κ2) is 9.79. The van der Waals surface area contributed by atoms with Crippen molar-refractivity contribution in [1.29, 1.82) is 5.26 Å². The molecule has 8 heteroatoms. The molecule has 160 valence electrons. The minimum atomic E-state index is -1.18. The average molecular weight is 433 g/mol. The molecule has 0 spiro atoms. The van der Waals surface area contributed by atoms with Crippen LogP contribution in [0.25, 0.3) is 0 Å². The zero-order chi connectivity index (χ0) is 22.6. The molecule has 1 aliphatic rings. The van der Waals surface area contributed by atoms with E-state index in [4.69, 9.17) is 21.1 Å². The number of carboxylic acid groups (broad SMARTS) is 1. The molecule has 0 aliphatic carbocycles. The molecular weight excluding hydrogens is 408 g/mol. The van der Waals surface area contributed by atoms with Gasteiger partial charge in [0, 0.05) is 25.0 Å². The Morgan fingerprint density at radius 3 is 2.43 bits per heavy atom. The van der Waals surface area contributed by atoms with Gasteiger partial charge in [0.05, 0.1) is 40.4 Å². The highest BCUT2D eigenvalue weighted by Crippen LogP contribution is 2.45. The molecule has 0 aromatic heterocycles. The standard InChI is InChI=1S/C22H25ClN2O5/c1-12(2)30-22(28)18-14(4)25(9-10-29-5)13(3)17(21(26)27)19(18)16-8-6-7-15(11-24)20(16)23/h6-8,12,19H,9-10H2,1-5H3,(H,26,27). The van der Waals surface area contributed by atoms with E-state index in [1.54, 1.807) is 57.9 Å². The zero-order valence-corrected chi connectivity index (χ0v) is 18.4. The predicted octanol–water partition coefficient (Wildman–Crippen LogP) is 3.84. The lowest BCUT2D eigenvalue weighted by Crippen LogP contribution is -2.36. The molecule has 0 radical (unpaired) electrons. The highest BCUT2D eigenvalue weighted by Gasteiger charge is 2.41. The van der Waals surface area contributed by atoms with Gasteiger partial charge in [0.15, 0.2) is 0 Å². The fourth-order valence-corrected chi connectivity index (χ4v) is 3.89. The number of carbonyl (C=O) groups is 2. The van der Waals surface area contributed by atoms with Gasteiger partial charge in [-0.1, -0.05) is 23.7 Å². The number of methoxy groups -OCH3 is 1. The number of hydrogen-bond donors (Lipinski definition) is 1. The Morgan fingerprint density at radius 2 is 1.90 bits per heavy atom. The van der Waals surface area contributed by atoms with E-state index in [1.165, 1.54) is 0 Å². The number of rotatable bonds is 7. The first-order valence-corrected chi connectivity index (χ1v) is 9.84. The van der Waals surface area contributed by atoms with Gasteiger partial charge in [-0.25, -0.2) is 9.59 Å². The number of benzene rings is 1. The molecule has 0 fully saturated rings. The smallest absolute Gasteiger partial charge is 0.337 e. The second-order valence-corrected chi connectivity index (χ2v) is 7.53. The fourth-order valence-electron chi connectivity index (χ4n) is 3.61. The number of hydrogen-bond acceptors (Lipinski definition) is 6. The van der Waals surface area contributed by atoms with Crippen LogP contribution in [0.3, 0.4) is 0 Å². The van der Waals surface area contributed by atoms with Crippen LogP contribution in [0.2, 0.25) is 5.02 Å². The van der Waals surface area contributed by atoms with E-state index in [-0.39, 0.29) is 21.7 Å². The van der Waals surface area contributed by atoms with Crippen molar-refractivity contribution in [2.75, 3.05) is 20.3 Å². The molecule has 1 atom stereocenters. The summed E-state index contributed by atoms with van der Waals surface area (Å²) in [5.74, 6) is -2.78. The van der Waals surface area contributed by atoms with Gasteiger partial charge < -0.3 is 19.5 Å². The molecule has 2 rings (SSSR count). The van der Waals surface area contributed by atoms with Gasteiger partial charge in [-0.05, 0) is 39.3 Å². The first kappa shape index (κ1) is 23.5. The van der Waals surface area contributed by atoms with E-state index in [0.717, 1.165) is 0 Å². The number of esters is 1. The Morgan fingerprint density at radius 1 is 1.27 bits per heavy atom. The molecule has 0 bridgehead atoms. The normalized spacial score (nSPS) is 16.7. The summed E-state index contributed by atoms with van der Waals surface area (Å²) in [4.78, 5) is 27.2. The van der Waals surface area contributed by atoms with Crippen molar-refractivity contribution in [3.8, 4) is 6.07 Å². The number of halogens is 1.